The maximum atomic E-state index is 5.83. The average Bonchev–Trinajstić information content (AvgIpc) is 2.94. The molecular formula is C22H38OS2. The Hall–Kier alpha value is -0.250. The fourth-order valence-corrected chi connectivity index (χ4v) is 8.90. The van der Waals surface area contributed by atoms with Gasteiger partial charge in [-0.25, -0.2) is 10.0 Å². The van der Waals surface area contributed by atoms with E-state index in [1.807, 2.05) is 11.3 Å². The summed E-state index contributed by atoms with van der Waals surface area (Å²) in [6.45, 7) is 14.3. The molecule has 0 fully saturated rings. The molecular weight excluding hydrogens is 344 g/mol. The van der Waals surface area contributed by atoms with Gasteiger partial charge in [0.25, 0.3) is 0 Å². The van der Waals surface area contributed by atoms with Crippen LogP contribution in [0.5, 0.6) is 0 Å². The summed E-state index contributed by atoms with van der Waals surface area (Å²) in [5.41, 5.74) is 4.74. The average molecular weight is 383 g/mol. The summed E-state index contributed by atoms with van der Waals surface area (Å²) < 4.78 is 5.83. The molecule has 0 aromatic carbocycles. The fourth-order valence-electron chi connectivity index (χ4n) is 3.82. The minimum atomic E-state index is -0.637. The Morgan fingerprint density at radius 2 is 1.68 bits per heavy atom. The third-order valence-electron chi connectivity index (χ3n) is 5.25. The lowest BCUT2D eigenvalue weighted by Gasteiger charge is -2.39. The molecule has 0 N–H and O–H groups in total. The molecule has 1 nitrogen and oxygen atoms in total. The van der Waals surface area contributed by atoms with E-state index in [1.54, 1.807) is 21.6 Å². The van der Waals surface area contributed by atoms with Crippen molar-refractivity contribution in [3.8, 4) is 0 Å². The van der Waals surface area contributed by atoms with Crippen LogP contribution in [0.3, 0.4) is 0 Å². The summed E-state index contributed by atoms with van der Waals surface area (Å²) >= 11 is 2.03. The van der Waals surface area contributed by atoms with Crippen molar-refractivity contribution in [1.29, 1.82) is 0 Å². The SMILES string of the molecule is CC1=C(C)C(S(C)(C)CCCCCCOC(C)(C)C)c2sc(C)cc21. The molecule has 1 unspecified atom stereocenters. The van der Waals surface area contributed by atoms with Gasteiger partial charge in [-0.1, -0.05) is 18.4 Å². The number of hydrogen-bond acceptors (Lipinski definition) is 2. The molecule has 3 heteroatoms. The zero-order valence-electron chi connectivity index (χ0n) is 17.6. The normalized spacial score (nSPS) is 18.8. The summed E-state index contributed by atoms with van der Waals surface area (Å²) in [5.74, 6) is 1.39. The third kappa shape index (κ3) is 5.37. The van der Waals surface area contributed by atoms with Crippen LogP contribution < -0.4 is 0 Å². The zero-order valence-corrected chi connectivity index (χ0v) is 19.3. The molecule has 1 atom stereocenters. The largest absolute Gasteiger partial charge is 0.376 e. The van der Waals surface area contributed by atoms with Crippen molar-refractivity contribution in [1.82, 2.24) is 0 Å². The van der Waals surface area contributed by atoms with E-state index >= 15 is 0 Å². The van der Waals surface area contributed by atoms with Gasteiger partial charge in [0.2, 0.25) is 0 Å². The van der Waals surface area contributed by atoms with Crippen molar-refractivity contribution >= 4 is 26.9 Å². The van der Waals surface area contributed by atoms with Crippen LogP contribution in [-0.4, -0.2) is 30.5 Å². The quantitative estimate of drug-likeness (QED) is 0.427. The van der Waals surface area contributed by atoms with Gasteiger partial charge in [0.1, 0.15) is 0 Å². The van der Waals surface area contributed by atoms with Gasteiger partial charge in [-0.15, -0.1) is 11.3 Å². The molecule has 1 heterocycles. The Bertz CT molecular complexity index is 616. The molecule has 1 aromatic rings. The molecule has 0 radical (unpaired) electrons. The molecule has 25 heavy (non-hydrogen) atoms. The van der Waals surface area contributed by atoms with Crippen molar-refractivity contribution in [2.75, 3.05) is 24.9 Å². The van der Waals surface area contributed by atoms with Gasteiger partial charge in [0.15, 0.2) is 0 Å². The lowest BCUT2D eigenvalue weighted by Crippen LogP contribution is -2.19. The summed E-state index contributed by atoms with van der Waals surface area (Å²) in [5, 5.41) is 0.699. The van der Waals surface area contributed by atoms with Crippen LogP contribution in [0.25, 0.3) is 5.57 Å². The highest BCUT2D eigenvalue weighted by molar-refractivity contribution is 8.33. The molecule has 0 spiro atoms. The van der Waals surface area contributed by atoms with E-state index in [2.05, 4.69) is 60.1 Å². The van der Waals surface area contributed by atoms with Crippen molar-refractivity contribution < 1.29 is 4.74 Å². The first-order chi connectivity index (χ1) is 11.5. The van der Waals surface area contributed by atoms with Crippen molar-refractivity contribution in [3.63, 3.8) is 0 Å². The first kappa shape index (κ1) is 21.1. The molecule has 0 amide bonds. The minimum absolute atomic E-state index is 0.00683. The number of allylic oxidation sites excluding steroid dienone is 1. The fraction of sp³-hybridized carbons (Fsp3) is 0.727. The Balaban J connectivity index is 1.84. The Kier molecular flexibility index (Phi) is 6.89. The topological polar surface area (TPSA) is 9.23 Å². The molecule has 0 bridgehead atoms. The van der Waals surface area contributed by atoms with Crippen molar-refractivity contribution in [3.05, 3.63) is 27.0 Å². The highest BCUT2D eigenvalue weighted by atomic mass is 32.3. The molecule has 1 aliphatic carbocycles. The van der Waals surface area contributed by atoms with Crippen LogP contribution in [0.4, 0.5) is 0 Å². The van der Waals surface area contributed by atoms with E-state index in [0.29, 0.717) is 5.25 Å². The standard InChI is InChI=1S/C22H38OS2/c1-16-15-19-17(2)18(3)21(20(19)24-16)25(7,8)14-12-10-9-11-13-23-22(4,5)6/h15,21H,9-14H2,1-8H3. The first-order valence-electron chi connectivity index (χ1n) is 9.65. The lowest BCUT2D eigenvalue weighted by molar-refractivity contribution is -0.00470. The van der Waals surface area contributed by atoms with Gasteiger partial charge >= 0.3 is 0 Å². The number of aryl methyl sites for hydroxylation is 1. The van der Waals surface area contributed by atoms with Gasteiger partial charge in [0.05, 0.1) is 5.60 Å². The van der Waals surface area contributed by atoms with Crippen molar-refractivity contribution in [2.24, 2.45) is 0 Å². The number of hydrogen-bond donors (Lipinski definition) is 0. The molecule has 0 saturated carbocycles. The highest BCUT2D eigenvalue weighted by Gasteiger charge is 2.36. The maximum Gasteiger partial charge on any atom is 0.0598 e. The monoisotopic (exact) mass is 382 g/mol. The smallest absolute Gasteiger partial charge is 0.0598 e. The predicted molar refractivity (Wildman–Crippen MR) is 119 cm³/mol. The second-order valence-corrected chi connectivity index (χ2v) is 14.4. The van der Waals surface area contributed by atoms with E-state index in [0.717, 1.165) is 6.61 Å². The molecule has 1 aromatic heterocycles. The third-order valence-corrected chi connectivity index (χ3v) is 9.72. The van der Waals surface area contributed by atoms with Crippen LogP contribution in [0.2, 0.25) is 0 Å². The lowest BCUT2D eigenvalue weighted by atomic mass is 10.1. The molecule has 1 aliphatic rings. The number of ether oxygens (including phenoxy) is 1. The summed E-state index contributed by atoms with van der Waals surface area (Å²) in [6.07, 6.45) is 10.3. The van der Waals surface area contributed by atoms with Gasteiger partial charge in [-0.2, -0.15) is 0 Å². The Morgan fingerprint density at radius 1 is 1.04 bits per heavy atom. The van der Waals surface area contributed by atoms with E-state index in [9.17, 15) is 0 Å². The Labute approximate surface area is 161 Å². The number of rotatable bonds is 8. The van der Waals surface area contributed by atoms with Crippen LogP contribution in [0, 0.1) is 6.92 Å². The van der Waals surface area contributed by atoms with E-state index < -0.39 is 10.0 Å². The molecule has 0 aliphatic heterocycles. The second kappa shape index (κ2) is 8.19. The number of unbranched alkanes of at least 4 members (excludes halogenated alkanes) is 3. The number of thiophene rings is 1. The minimum Gasteiger partial charge on any atom is -0.376 e. The van der Waals surface area contributed by atoms with Gasteiger partial charge in [0, 0.05) is 21.6 Å². The van der Waals surface area contributed by atoms with Crippen molar-refractivity contribution in [2.45, 2.75) is 78.1 Å². The van der Waals surface area contributed by atoms with Gasteiger partial charge in [-0.05, 0) is 89.9 Å². The zero-order chi connectivity index (χ0) is 18.8. The van der Waals surface area contributed by atoms with Crippen LogP contribution >= 0.6 is 21.4 Å². The number of fused-ring (bicyclic) bond motifs is 1. The summed E-state index contributed by atoms with van der Waals surface area (Å²) in [4.78, 5) is 3.13. The second-order valence-electron chi connectivity index (χ2n) is 9.03. The van der Waals surface area contributed by atoms with Crippen LogP contribution in [0.15, 0.2) is 11.6 Å². The van der Waals surface area contributed by atoms with Gasteiger partial charge < -0.3 is 4.74 Å². The molecule has 2 rings (SSSR count). The summed E-state index contributed by atoms with van der Waals surface area (Å²) in [7, 11) is -0.637. The van der Waals surface area contributed by atoms with Crippen LogP contribution in [0.1, 0.15) is 80.9 Å². The molecule has 0 saturated heterocycles. The maximum absolute atomic E-state index is 5.83. The Morgan fingerprint density at radius 3 is 2.32 bits per heavy atom. The van der Waals surface area contributed by atoms with Crippen LogP contribution in [-0.2, 0) is 4.74 Å². The first-order valence-corrected chi connectivity index (χ1v) is 13.1. The van der Waals surface area contributed by atoms with E-state index in [1.165, 1.54) is 36.3 Å². The predicted octanol–water partition coefficient (Wildman–Crippen LogP) is 7.34. The van der Waals surface area contributed by atoms with E-state index in [-0.39, 0.29) is 5.60 Å². The van der Waals surface area contributed by atoms with E-state index in [4.69, 9.17) is 4.74 Å². The summed E-state index contributed by atoms with van der Waals surface area (Å²) in [6, 6.07) is 2.41. The molecule has 144 valence electrons. The van der Waals surface area contributed by atoms with Gasteiger partial charge in [-0.3, -0.25) is 0 Å². The highest BCUT2D eigenvalue weighted by Crippen LogP contribution is 2.64.